The van der Waals surface area contributed by atoms with Crippen LogP contribution in [0.2, 0.25) is 0 Å². The van der Waals surface area contributed by atoms with E-state index in [9.17, 15) is 0 Å². The fourth-order valence-corrected chi connectivity index (χ4v) is 2.37. The molecule has 0 amide bonds. The first-order chi connectivity index (χ1) is 7.68. The van der Waals surface area contributed by atoms with Gasteiger partial charge in [0.15, 0.2) is 0 Å². The Morgan fingerprint density at radius 1 is 1.56 bits per heavy atom. The molecule has 2 unspecified atom stereocenters. The minimum atomic E-state index is -0.00691. The third-order valence-electron chi connectivity index (χ3n) is 3.31. The van der Waals surface area contributed by atoms with E-state index in [0.717, 1.165) is 18.8 Å². The molecule has 0 fully saturated rings. The molecule has 1 aromatic carbocycles. The summed E-state index contributed by atoms with van der Waals surface area (Å²) in [6.07, 6.45) is 2.96. The van der Waals surface area contributed by atoms with E-state index in [-0.39, 0.29) is 5.41 Å². The Balaban J connectivity index is 2.17. The van der Waals surface area contributed by atoms with Crippen LogP contribution in [-0.4, -0.2) is 12.5 Å². The summed E-state index contributed by atoms with van der Waals surface area (Å²) in [7, 11) is 0. The first-order valence-electron chi connectivity index (χ1n) is 5.60. The second kappa shape index (κ2) is 4.50. The molecule has 1 aliphatic rings. The van der Waals surface area contributed by atoms with Crippen molar-refractivity contribution in [2.45, 2.75) is 19.3 Å². The Labute approximate surface area is 102 Å². The normalized spacial score (nSPS) is 22.0. The fourth-order valence-electron chi connectivity index (χ4n) is 2.15. The van der Waals surface area contributed by atoms with Gasteiger partial charge in [-0.1, -0.05) is 31.2 Å². The molecule has 0 bridgehead atoms. The minimum absolute atomic E-state index is 0.00691. The minimum Gasteiger partial charge on any atom is -0.493 e. The maximum Gasteiger partial charge on any atom is 0.122 e. The molecule has 1 aromatic rings. The van der Waals surface area contributed by atoms with Crippen molar-refractivity contribution in [3.05, 3.63) is 42.5 Å². The Hall–Kier alpha value is -0.950. The van der Waals surface area contributed by atoms with Crippen molar-refractivity contribution in [1.29, 1.82) is 0 Å². The van der Waals surface area contributed by atoms with Gasteiger partial charge in [0.1, 0.15) is 5.75 Å². The molecule has 0 N–H and O–H groups in total. The number of alkyl halides is 1. The third-order valence-corrected chi connectivity index (χ3v) is 3.92. The summed E-state index contributed by atoms with van der Waals surface area (Å²) in [6.45, 7) is 6.79. The molecule has 0 aliphatic carbocycles. The largest absolute Gasteiger partial charge is 0.493 e. The van der Waals surface area contributed by atoms with Crippen molar-refractivity contribution in [3.8, 4) is 5.75 Å². The van der Waals surface area contributed by atoms with Crippen molar-refractivity contribution in [1.82, 2.24) is 0 Å². The average molecular weight is 237 g/mol. The predicted octanol–water partition coefficient (Wildman–Crippen LogP) is 3.98. The summed E-state index contributed by atoms with van der Waals surface area (Å²) in [5, 5.41) is 0. The second-order valence-corrected chi connectivity index (χ2v) is 5.01. The molecule has 2 atom stereocenters. The van der Waals surface area contributed by atoms with E-state index < -0.39 is 0 Å². The number of para-hydroxylation sites is 1. The summed E-state index contributed by atoms with van der Waals surface area (Å²) < 4.78 is 5.67. The lowest BCUT2D eigenvalue weighted by molar-refractivity contribution is 0.294. The number of hydrogen-bond acceptors (Lipinski definition) is 1. The highest BCUT2D eigenvalue weighted by atomic mass is 35.5. The summed E-state index contributed by atoms with van der Waals surface area (Å²) in [5.41, 5.74) is 1.30. The van der Waals surface area contributed by atoms with Gasteiger partial charge in [0, 0.05) is 17.4 Å². The van der Waals surface area contributed by atoms with Crippen molar-refractivity contribution in [2.24, 2.45) is 5.41 Å². The predicted molar refractivity (Wildman–Crippen MR) is 68.3 cm³/mol. The molecule has 2 rings (SSSR count). The van der Waals surface area contributed by atoms with Gasteiger partial charge in [-0.05, 0) is 17.9 Å². The molecule has 16 heavy (non-hydrogen) atoms. The maximum atomic E-state index is 6.00. The van der Waals surface area contributed by atoms with E-state index in [0.29, 0.717) is 11.8 Å². The van der Waals surface area contributed by atoms with Crippen LogP contribution < -0.4 is 4.74 Å². The van der Waals surface area contributed by atoms with Crippen LogP contribution in [0, 0.1) is 5.41 Å². The van der Waals surface area contributed by atoms with Crippen LogP contribution in [0.25, 0.3) is 0 Å². The lowest BCUT2D eigenvalue weighted by atomic mass is 9.81. The van der Waals surface area contributed by atoms with Crippen LogP contribution in [0.3, 0.4) is 0 Å². The van der Waals surface area contributed by atoms with Crippen LogP contribution in [0.4, 0.5) is 0 Å². The van der Waals surface area contributed by atoms with Crippen LogP contribution in [0.1, 0.15) is 24.8 Å². The van der Waals surface area contributed by atoms with Crippen molar-refractivity contribution < 1.29 is 4.74 Å². The monoisotopic (exact) mass is 236 g/mol. The van der Waals surface area contributed by atoms with E-state index in [2.05, 4.69) is 25.6 Å². The summed E-state index contributed by atoms with van der Waals surface area (Å²) >= 11 is 6.00. The van der Waals surface area contributed by atoms with Crippen LogP contribution in [0.5, 0.6) is 5.75 Å². The van der Waals surface area contributed by atoms with Crippen molar-refractivity contribution >= 4 is 11.6 Å². The molecule has 0 saturated heterocycles. The highest BCUT2D eigenvalue weighted by molar-refractivity contribution is 6.18. The molecule has 0 aromatic heterocycles. The molecule has 0 spiro atoms. The number of fused-ring (bicyclic) bond motifs is 1. The molecular weight excluding hydrogens is 220 g/mol. The van der Waals surface area contributed by atoms with Gasteiger partial charge in [0.05, 0.1) is 6.61 Å². The molecule has 0 radical (unpaired) electrons. The molecule has 1 nitrogen and oxygen atoms in total. The van der Waals surface area contributed by atoms with E-state index in [4.69, 9.17) is 16.3 Å². The van der Waals surface area contributed by atoms with Gasteiger partial charge < -0.3 is 4.74 Å². The number of hydrogen-bond donors (Lipinski definition) is 0. The van der Waals surface area contributed by atoms with Crippen LogP contribution in [-0.2, 0) is 0 Å². The summed E-state index contributed by atoms with van der Waals surface area (Å²) in [5.74, 6) is 2.07. The molecular formula is C14H17ClO. The lowest BCUT2D eigenvalue weighted by Gasteiger charge is -2.25. The Morgan fingerprint density at radius 3 is 3.00 bits per heavy atom. The van der Waals surface area contributed by atoms with Gasteiger partial charge in [-0.25, -0.2) is 0 Å². The smallest absolute Gasteiger partial charge is 0.122 e. The number of halogens is 1. The first-order valence-corrected chi connectivity index (χ1v) is 6.13. The Bertz CT molecular complexity index is 388. The van der Waals surface area contributed by atoms with Crippen molar-refractivity contribution in [2.75, 3.05) is 12.5 Å². The van der Waals surface area contributed by atoms with Crippen molar-refractivity contribution in [3.63, 3.8) is 0 Å². The number of rotatable bonds is 4. The topological polar surface area (TPSA) is 9.23 Å². The molecule has 0 saturated carbocycles. The summed E-state index contributed by atoms with van der Waals surface area (Å²) in [4.78, 5) is 0. The molecule has 1 heterocycles. The number of benzene rings is 1. The van der Waals surface area contributed by atoms with Crippen LogP contribution in [0.15, 0.2) is 36.9 Å². The zero-order valence-electron chi connectivity index (χ0n) is 9.58. The summed E-state index contributed by atoms with van der Waals surface area (Å²) in [6, 6.07) is 8.24. The van der Waals surface area contributed by atoms with E-state index >= 15 is 0 Å². The Kier molecular flexibility index (Phi) is 3.25. The third kappa shape index (κ3) is 2.10. The van der Waals surface area contributed by atoms with E-state index in [1.54, 1.807) is 0 Å². The molecule has 86 valence electrons. The van der Waals surface area contributed by atoms with E-state index in [1.165, 1.54) is 5.56 Å². The average Bonchev–Trinajstić information content (AvgIpc) is 2.73. The van der Waals surface area contributed by atoms with Gasteiger partial charge in [-0.2, -0.15) is 0 Å². The molecule has 1 aliphatic heterocycles. The zero-order valence-corrected chi connectivity index (χ0v) is 10.3. The van der Waals surface area contributed by atoms with Gasteiger partial charge in [0.25, 0.3) is 0 Å². The first kappa shape index (κ1) is 11.5. The van der Waals surface area contributed by atoms with Gasteiger partial charge in [0.2, 0.25) is 0 Å². The van der Waals surface area contributed by atoms with Gasteiger partial charge in [-0.15, -0.1) is 18.2 Å². The SMILES string of the molecule is C=CC(C)(CCl)CC1COc2ccccc21. The molecule has 2 heteroatoms. The second-order valence-electron chi connectivity index (χ2n) is 4.74. The fraction of sp³-hybridized carbons (Fsp3) is 0.429. The number of allylic oxidation sites excluding steroid dienone is 1. The number of ether oxygens (including phenoxy) is 1. The zero-order chi connectivity index (χ0) is 11.6. The van der Waals surface area contributed by atoms with Gasteiger partial charge in [-0.3, -0.25) is 0 Å². The quantitative estimate of drug-likeness (QED) is 0.568. The van der Waals surface area contributed by atoms with E-state index in [1.807, 2.05) is 18.2 Å². The van der Waals surface area contributed by atoms with Crippen LogP contribution >= 0.6 is 11.6 Å². The highest BCUT2D eigenvalue weighted by Gasteiger charge is 2.30. The standard InChI is InChI=1S/C14H17ClO/c1-3-14(2,10-15)8-11-9-16-13-7-5-4-6-12(11)13/h3-7,11H,1,8-10H2,2H3. The lowest BCUT2D eigenvalue weighted by Crippen LogP contribution is -2.19. The Morgan fingerprint density at radius 2 is 2.31 bits per heavy atom. The van der Waals surface area contributed by atoms with Gasteiger partial charge >= 0.3 is 0 Å². The highest BCUT2D eigenvalue weighted by Crippen LogP contribution is 2.41. The maximum absolute atomic E-state index is 6.00.